The average Bonchev–Trinajstić information content (AvgIpc) is 3.15. The molecule has 2 aromatic heterocycles. The fourth-order valence-electron chi connectivity index (χ4n) is 4.48. The Kier molecular flexibility index (Phi) is 7.04. The van der Waals surface area contributed by atoms with E-state index in [0.29, 0.717) is 17.3 Å². The highest BCUT2D eigenvalue weighted by Gasteiger charge is 2.26. The Morgan fingerprint density at radius 1 is 1.12 bits per heavy atom. The van der Waals surface area contributed by atoms with E-state index in [9.17, 15) is 10.2 Å². The van der Waals surface area contributed by atoms with Crippen LogP contribution in [0.2, 0.25) is 5.02 Å². The van der Waals surface area contributed by atoms with Crippen LogP contribution in [0.1, 0.15) is 76.6 Å². The van der Waals surface area contributed by atoms with E-state index in [2.05, 4.69) is 38.3 Å². The summed E-state index contributed by atoms with van der Waals surface area (Å²) in [6.45, 7) is 8.45. The van der Waals surface area contributed by atoms with Gasteiger partial charge in [0.05, 0.1) is 11.3 Å². The molecule has 2 heterocycles. The summed E-state index contributed by atoms with van der Waals surface area (Å²) in [6.07, 6.45) is 4.21. The molecule has 184 valence electrons. The largest absolute Gasteiger partial charge is 0.507 e. The molecule has 34 heavy (non-hydrogen) atoms. The van der Waals surface area contributed by atoms with E-state index < -0.39 is 0 Å². The highest BCUT2D eigenvalue weighted by atomic mass is 35.5. The molecule has 1 aliphatic rings. The number of benzene rings is 1. The van der Waals surface area contributed by atoms with Gasteiger partial charge in [-0.25, -0.2) is 4.98 Å². The van der Waals surface area contributed by atoms with Crippen molar-refractivity contribution in [2.45, 2.75) is 84.0 Å². The van der Waals surface area contributed by atoms with Gasteiger partial charge in [0, 0.05) is 29.7 Å². The van der Waals surface area contributed by atoms with Gasteiger partial charge in [-0.3, -0.25) is 4.68 Å². The van der Waals surface area contributed by atoms with Crippen LogP contribution in [0.25, 0.3) is 11.0 Å². The van der Waals surface area contributed by atoms with E-state index >= 15 is 0 Å². The van der Waals surface area contributed by atoms with Crippen LogP contribution < -0.4 is 16.4 Å². The third kappa shape index (κ3) is 4.86. The van der Waals surface area contributed by atoms with Gasteiger partial charge in [-0.05, 0) is 44.7 Å². The number of phenolic OH excluding ortho intramolecular Hbond substituents is 2. The van der Waals surface area contributed by atoms with Gasteiger partial charge in [-0.15, -0.1) is 0 Å². The minimum absolute atomic E-state index is 0.0513. The molecule has 1 saturated carbocycles. The maximum atomic E-state index is 10.3. The van der Waals surface area contributed by atoms with Gasteiger partial charge in [0.1, 0.15) is 22.5 Å². The van der Waals surface area contributed by atoms with E-state index in [1.165, 1.54) is 12.1 Å². The molecule has 10 heteroatoms. The second-order valence-electron chi connectivity index (χ2n) is 9.65. The molecule has 2 unspecified atom stereocenters. The maximum Gasteiger partial charge on any atom is 0.225 e. The Hall–Kier alpha value is -2.78. The lowest BCUT2D eigenvalue weighted by Gasteiger charge is -2.29. The Balaban J connectivity index is 1.79. The molecule has 0 saturated heterocycles. The number of anilines is 2. The van der Waals surface area contributed by atoms with Crippen LogP contribution in [0, 0.1) is 0 Å². The Morgan fingerprint density at radius 2 is 1.79 bits per heavy atom. The standard InChI is InChI=1S/C24H34ClN7O2/c1-12(2)20-21-22(32(31-20)13(3)4)23(27-11-15-18(33)9-14(25)10-19(15)34)30-24(29-21)28-17-8-6-5-7-16(17)26/h9-10,12-13,16-17,33-34H,5-8,11,26H2,1-4H3,(H2,27,28,29,30). The van der Waals surface area contributed by atoms with Crippen molar-refractivity contribution in [2.75, 3.05) is 10.6 Å². The average molecular weight is 488 g/mol. The van der Waals surface area contributed by atoms with E-state index in [1.54, 1.807) is 0 Å². The molecule has 4 rings (SSSR count). The second-order valence-corrected chi connectivity index (χ2v) is 10.1. The molecule has 2 atom stereocenters. The normalized spacial score (nSPS) is 18.7. The summed E-state index contributed by atoms with van der Waals surface area (Å²) < 4.78 is 1.92. The Labute approximate surface area is 204 Å². The van der Waals surface area contributed by atoms with Crippen molar-refractivity contribution in [1.29, 1.82) is 0 Å². The van der Waals surface area contributed by atoms with Crippen LogP contribution >= 0.6 is 11.6 Å². The summed E-state index contributed by atoms with van der Waals surface area (Å²) in [5, 5.41) is 32.5. The number of aromatic nitrogens is 4. The first-order valence-electron chi connectivity index (χ1n) is 11.9. The van der Waals surface area contributed by atoms with Gasteiger partial charge < -0.3 is 26.6 Å². The van der Waals surface area contributed by atoms with Gasteiger partial charge >= 0.3 is 0 Å². The van der Waals surface area contributed by atoms with Gasteiger partial charge in [0.25, 0.3) is 0 Å². The summed E-state index contributed by atoms with van der Waals surface area (Å²) in [5.74, 6) is 1.05. The molecular weight excluding hydrogens is 454 g/mol. The Bertz CT molecular complexity index is 1150. The third-order valence-electron chi connectivity index (χ3n) is 6.34. The molecule has 0 spiro atoms. The minimum atomic E-state index is -0.0884. The lowest BCUT2D eigenvalue weighted by molar-refractivity contribution is 0.402. The number of halogens is 1. The molecule has 1 fully saturated rings. The van der Waals surface area contributed by atoms with Crippen molar-refractivity contribution in [3.8, 4) is 11.5 Å². The SMILES string of the molecule is CC(C)c1nn(C(C)C)c2c(NCc3c(O)cc(Cl)cc3O)nc(NC3CCCCC3N)nc12. The summed E-state index contributed by atoms with van der Waals surface area (Å²) in [6, 6.07) is 3.05. The van der Waals surface area contributed by atoms with Crippen molar-refractivity contribution in [3.63, 3.8) is 0 Å². The molecule has 9 nitrogen and oxygen atoms in total. The summed E-state index contributed by atoms with van der Waals surface area (Å²) >= 11 is 5.94. The summed E-state index contributed by atoms with van der Waals surface area (Å²) in [4.78, 5) is 9.67. The van der Waals surface area contributed by atoms with E-state index in [0.717, 1.165) is 42.4 Å². The zero-order valence-corrected chi connectivity index (χ0v) is 20.9. The monoisotopic (exact) mass is 487 g/mol. The minimum Gasteiger partial charge on any atom is -0.507 e. The topological polar surface area (TPSA) is 134 Å². The van der Waals surface area contributed by atoms with Crippen LogP contribution in [-0.4, -0.2) is 42.0 Å². The van der Waals surface area contributed by atoms with Gasteiger partial charge in [-0.1, -0.05) is 38.3 Å². The van der Waals surface area contributed by atoms with Crippen molar-refractivity contribution in [2.24, 2.45) is 5.73 Å². The van der Waals surface area contributed by atoms with Crippen LogP contribution in [0.5, 0.6) is 11.5 Å². The number of rotatable bonds is 7. The van der Waals surface area contributed by atoms with Crippen molar-refractivity contribution < 1.29 is 10.2 Å². The van der Waals surface area contributed by atoms with Crippen molar-refractivity contribution >= 4 is 34.4 Å². The number of hydrogen-bond acceptors (Lipinski definition) is 8. The van der Waals surface area contributed by atoms with Crippen molar-refractivity contribution in [3.05, 3.63) is 28.4 Å². The first kappa shape index (κ1) is 24.3. The lowest BCUT2D eigenvalue weighted by Crippen LogP contribution is -2.43. The number of nitrogens with zero attached hydrogens (tertiary/aromatic N) is 4. The number of fused-ring (bicyclic) bond motifs is 1. The highest BCUT2D eigenvalue weighted by molar-refractivity contribution is 6.30. The summed E-state index contributed by atoms with van der Waals surface area (Å²) in [7, 11) is 0. The molecule has 0 radical (unpaired) electrons. The lowest BCUT2D eigenvalue weighted by atomic mass is 9.91. The molecular formula is C24H34ClN7O2. The number of hydrogen-bond donors (Lipinski definition) is 5. The molecule has 1 aromatic carbocycles. The zero-order chi connectivity index (χ0) is 24.6. The molecule has 6 N–H and O–H groups in total. The summed E-state index contributed by atoms with van der Waals surface area (Å²) in [5.41, 5.74) is 9.15. The number of nitrogens with one attached hydrogen (secondary N) is 2. The molecule has 0 amide bonds. The molecule has 0 aliphatic heterocycles. The van der Waals surface area contributed by atoms with Crippen molar-refractivity contribution in [1.82, 2.24) is 19.7 Å². The Morgan fingerprint density at radius 3 is 2.41 bits per heavy atom. The van der Waals surface area contributed by atoms with E-state index in [1.807, 2.05) is 4.68 Å². The smallest absolute Gasteiger partial charge is 0.225 e. The van der Waals surface area contributed by atoms with Crippen LogP contribution in [0.4, 0.5) is 11.8 Å². The molecule has 1 aliphatic carbocycles. The highest BCUT2D eigenvalue weighted by Crippen LogP contribution is 2.35. The predicted molar refractivity (Wildman–Crippen MR) is 136 cm³/mol. The molecule has 0 bridgehead atoms. The number of nitrogens with two attached hydrogens (primary N) is 1. The number of aromatic hydroxyl groups is 2. The maximum absolute atomic E-state index is 10.3. The van der Waals surface area contributed by atoms with Crippen LogP contribution in [0.15, 0.2) is 12.1 Å². The van der Waals surface area contributed by atoms with Crippen LogP contribution in [-0.2, 0) is 6.54 Å². The predicted octanol–water partition coefficient (Wildman–Crippen LogP) is 4.89. The molecule has 3 aromatic rings. The fraction of sp³-hybridized carbons (Fsp3) is 0.542. The zero-order valence-electron chi connectivity index (χ0n) is 20.1. The van der Waals surface area contributed by atoms with Crippen LogP contribution in [0.3, 0.4) is 0 Å². The first-order chi connectivity index (χ1) is 16.2. The quantitative estimate of drug-likeness (QED) is 0.318. The van der Waals surface area contributed by atoms with E-state index in [-0.39, 0.29) is 47.1 Å². The van der Waals surface area contributed by atoms with Gasteiger partial charge in [0.2, 0.25) is 5.95 Å². The third-order valence-corrected chi connectivity index (χ3v) is 6.56. The second kappa shape index (κ2) is 9.84. The van der Waals surface area contributed by atoms with E-state index in [4.69, 9.17) is 32.4 Å². The number of phenols is 2. The first-order valence-corrected chi connectivity index (χ1v) is 12.3. The van der Waals surface area contributed by atoms with Gasteiger partial charge in [-0.2, -0.15) is 10.1 Å². The van der Waals surface area contributed by atoms with Gasteiger partial charge in [0.15, 0.2) is 5.82 Å². The fourth-order valence-corrected chi connectivity index (χ4v) is 4.69.